The zero-order valence-corrected chi connectivity index (χ0v) is 7.69. The van der Waals surface area contributed by atoms with Crippen LogP contribution in [0.25, 0.3) is 0 Å². The fraction of sp³-hybridized carbons (Fsp3) is 0.222. The summed E-state index contributed by atoms with van der Waals surface area (Å²) in [5.41, 5.74) is 0.279. The number of ketones is 1. The molecule has 0 amide bonds. The smallest absolute Gasteiger partial charge is 0.293 e. The van der Waals surface area contributed by atoms with Crippen LogP contribution in [0.15, 0.2) is 18.2 Å². The van der Waals surface area contributed by atoms with E-state index in [0.717, 1.165) is 12.1 Å². The summed E-state index contributed by atoms with van der Waals surface area (Å²) in [5, 5.41) is -0.176. The maximum absolute atomic E-state index is 12.6. The van der Waals surface area contributed by atoms with Crippen LogP contribution < -0.4 is 0 Å². The maximum atomic E-state index is 12.6. The Hall–Kier alpha value is -1.03. The lowest BCUT2D eigenvalue weighted by Crippen LogP contribution is -2.12. The second-order valence-electron chi connectivity index (χ2n) is 2.69. The predicted octanol–water partition coefficient (Wildman–Crippen LogP) is 2.86. The normalized spacial score (nSPS) is 10.6. The van der Waals surface area contributed by atoms with Crippen molar-refractivity contribution in [2.75, 3.05) is 0 Å². The van der Waals surface area contributed by atoms with E-state index in [-0.39, 0.29) is 10.6 Å². The van der Waals surface area contributed by atoms with Gasteiger partial charge in [-0.1, -0.05) is 17.7 Å². The molecule has 0 aromatic heterocycles. The molecule has 0 saturated heterocycles. The average Bonchev–Trinajstić information content (AvgIpc) is 2.11. The zero-order chi connectivity index (χ0) is 10.7. The molecule has 0 fully saturated rings. The molecular formula is C9H6ClF3O. The van der Waals surface area contributed by atoms with E-state index in [1.165, 1.54) is 6.07 Å². The summed E-state index contributed by atoms with van der Waals surface area (Å²) in [4.78, 5) is 10.6. The molecule has 0 unspecified atom stereocenters. The third-order valence-electron chi connectivity index (χ3n) is 1.61. The highest BCUT2D eigenvalue weighted by molar-refractivity contribution is 6.30. The number of hydrogen-bond donors (Lipinski definition) is 0. The Morgan fingerprint density at radius 2 is 2.07 bits per heavy atom. The van der Waals surface area contributed by atoms with Gasteiger partial charge in [0.05, 0.1) is 5.02 Å². The van der Waals surface area contributed by atoms with Crippen LogP contribution in [-0.2, 0) is 11.2 Å². The van der Waals surface area contributed by atoms with E-state index < -0.39 is 24.4 Å². The van der Waals surface area contributed by atoms with E-state index in [9.17, 15) is 18.0 Å². The lowest BCUT2D eigenvalue weighted by atomic mass is 10.1. The van der Waals surface area contributed by atoms with E-state index in [1.807, 2.05) is 0 Å². The van der Waals surface area contributed by atoms with Gasteiger partial charge in [-0.15, -0.1) is 0 Å². The maximum Gasteiger partial charge on any atom is 0.296 e. The van der Waals surface area contributed by atoms with Gasteiger partial charge in [0.15, 0.2) is 0 Å². The molecule has 0 spiro atoms. The molecule has 1 aromatic carbocycles. The fourth-order valence-electron chi connectivity index (χ4n) is 0.928. The Balaban J connectivity index is 2.78. The molecule has 0 bridgehead atoms. The standard InChI is InChI=1S/C9H6ClF3O/c10-6-3-5(1-2-7(6)11)4-8(14)9(12)13/h1-3,9H,4H2. The predicted molar refractivity (Wildman–Crippen MR) is 46.1 cm³/mol. The van der Waals surface area contributed by atoms with Crippen molar-refractivity contribution < 1.29 is 18.0 Å². The molecule has 0 aliphatic rings. The number of Topliss-reactive ketones (excluding diaryl/α,β-unsaturated/α-hetero) is 1. The van der Waals surface area contributed by atoms with E-state index in [2.05, 4.69) is 0 Å². The molecule has 5 heteroatoms. The van der Waals surface area contributed by atoms with Crippen LogP contribution >= 0.6 is 11.6 Å². The van der Waals surface area contributed by atoms with E-state index in [1.54, 1.807) is 0 Å². The second-order valence-corrected chi connectivity index (χ2v) is 3.10. The summed E-state index contributed by atoms with van der Waals surface area (Å²) in [7, 11) is 0. The van der Waals surface area contributed by atoms with Gasteiger partial charge in [-0.2, -0.15) is 0 Å². The highest BCUT2D eigenvalue weighted by Gasteiger charge is 2.15. The van der Waals surface area contributed by atoms with E-state index in [0.29, 0.717) is 0 Å². The lowest BCUT2D eigenvalue weighted by Gasteiger charge is -2.01. The first kappa shape index (κ1) is 11.0. The Bertz CT molecular complexity index is 352. The second kappa shape index (κ2) is 4.46. The molecule has 0 saturated carbocycles. The third-order valence-corrected chi connectivity index (χ3v) is 1.90. The number of carbonyl (C=O) groups excluding carboxylic acids is 1. The van der Waals surface area contributed by atoms with Gasteiger partial charge in [0.2, 0.25) is 5.78 Å². The van der Waals surface area contributed by atoms with Crippen molar-refractivity contribution in [3.05, 3.63) is 34.6 Å². The average molecular weight is 223 g/mol. The summed E-state index contributed by atoms with van der Waals surface area (Å²) >= 11 is 5.40. The number of hydrogen-bond acceptors (Lipinski definition) is 1. The van der Waals surface area contributed by atoms with Gasteiger partial charge in [0.25, 0.3) is 6.43 Å². The largest absolute Gasteiger partial charge is 0.296 e. The number of alkyl halides is 2. The summed E-state index contributed by atoms with van der Waals surface area (Å²) < 4.78 is 36.3. The molecule has 14 heavy (non-hydrogen) atoms. The van der Waals surface area contributed by atoms with Gasteiger partial charge < -0.3 is 0 Å². The first-order valence-corrected chi connectivity index (χ1v) is 4.13. The number of rotatable bonds is 3. The van der Waals surface area contributed by atoms with Crippen LogP contribution in [0.3, 0.4) is 0 Å². The molecule has 0 aliphatic heterocycles. The molecule has 1 nitrogen and oxygen atoms in total. The Labute approximate surface area is 83.5 Å². The van der Waals surface area contributed by atoms with Crippen molar-refractivity contribution >= 4 is 17.4 Å². The number of halogens is 4. The van der Waals surface area contributed by atoms with E-state index >= 15 is 0 Å². The van der Waals surface area contributed by atoms with Crippen molar-refractivity contribution in [3.63, 3.8) is 0 Å². The third kappa shape index (κ3) is 2.73. The number of benzene rings is 1. The lowest BCUT2D eigenvalue weighted by molar-refractivity contribution is -0.128. The highest BCUT2D eigenvalue weighted by Crippen LogP contribution is 2.17. The first-order chi connectivity index (χ1) is 6.50. The highest BCUT2D eigenvalue weighted by atomic mass is 35.5. The molecule has 0 aliphatic carbocycles. The minimum atomic E-state index is -3.00. The summed E-state index contributed by atoms with van der Waals surface area (Å²) in [6.07, 6.45) is -3.43. The molecular weight excluding hydrogens is 217 g/mol. The van der Waals surface area contributed by atoms with Crippen LogP contribution in [0.2, 0.25) is 5.02 Å². The zero-order valence-electron chi connectivity index (χ0n) is 6.94. The molecule has 76 valence electrons. The molecule has 0 N–H and O–H groups in total. The van der Waals surface area contributed by atoms with Crippen LogP contribution in [0.1, 0.15) is 5.56 Å². The molecule has 0 radical (unpaired) electrons. The Kier molecular flexibility index (Phi) is 3.52. The van der Waals surface area contributed by atoms with Gasteiger partial charge in [0, 0.05) is 6.42 Å². The van der Waals surface area contributed by atoms with Gasteiger partial charge >= 0.3 is 0 Å². The topological polar surface area (TPSA) is 17.1 Å². The summed E-state index contributed by atoms with van der Waals surface area (Å²) in [5.74, 6) is -1.84. The molecule has 1 rings (SSSR count). The van der Waals surface area contributed by atoms with Gasteiger partial charge in [-0.05, 0) is 17.7 Å². The SMILES string of the molecule is O=C(Cc1ccc(F)c(Cl)c1)C(F)F. The van der Waals surface area contributed by atoms with Gasteiger partial charge in [-0.25, -0.2) is 13.2 Å². The minimum Gasteiger partial charge on any atom is -0.293 e. The van der Waals surface area contributed by atoms with Crippen LogP contribution in [0, 0.1) is 5.82 Å². The van der Waals surface area contributed by atoms with Gasteiger partial charge in [0.1, 0.15) is 5.82 Å². The van der Waals surface area contributed by atoms with Crippen molar-refractivity contribution in [1.82, 2.24) is 0 Å². The van der Waals surface area contributed by atoms with Crippen molar-refractivity contribution in [1.29, 1.82) is 0 Å². The van der Waals surface area contributed by atoms with Crippen LogP contribution in [-0.4, -0.2) is 12.2 Å². The molecule has 0 heterocycles. The van der Waals surface area contributed by atoms with Crippen LogP contribution in [0.5, 0.6) is 0 Å². The quantitative estimate of drug-likeness (QED) is 0.769. The van der Waals surface area contributed by atoms with Gasteiger partial charge in [-0.3, -0.25) is 4.79 Å². The monoisotopic (exact) mass is 222 g/mol. The fourth-order valence-corrected chi connectivity index (χ4v) is 1.13. The van der Waals surface area contributed by atoms with Crippen molar-refractivity contribution in [3.8, 4) is 0 Å². The Morgan fingerprint density at radius 3 is 2.57 bits per heavy atom. The Morgan fingerprint density at radius 1 is 1.43 bits per heavy atom. The first-order valence-electron chi connectivity index (χ1n) is 3.75. The number of carbonyl (C=O) groups is 1. The van der Waals surface area contributed by atoms with Crippen molar-refractivity contribution in [2.24, 2.45) is 0 Å². The minimum absolute atomic E-state index is 0.176. The van der Waals surface area contributed by atoms with E-state index in [4.69, 9.17) is 11.6 Å². The molecule has 1 aromatic rings. The summed E-state index contributed by atoms with van der Waals surface area (Å²) in [6.45, 7) is 0. The van der Waals surface area contributed by atoms with Crippen LogP contribution in [0.4, 0.5) is 13.2 Å². The summed E-state index contributed by atoms with van der Waals surface area (Å²) in [6, 6.07) is 3.45. The molecule has 0 atom stereocenters. The van der Waals surface area contributed by atoms with Crippen molar-refractivity contribution in [2.45, 2.75) is 12.8 Å².